The molecule has 0 bridgehead atoms. The van der Waals surface area contributed by atoms with Crippen molar-refractivity contribution in [3.05, 3.63) is 95.3 Å². The Balaban J connectivity index is 1.34. The maximum Gasteiger partial charge on any atom is 0.274 e. The minimum Gasteiger partial charge on any atom is -0.337 e. The molecule has 0 radical (unpaired) electrons. The fourth-order valence-electron chi connectivity index (χ4n) is 3.40. The van der Waals surface area contributed by atoms with Gasteiger partial charge in [-0.1, -0.05) is 42.5 Å². The third kappa shape index (κ3) is 5.93. The number of anilines is 1. The van der Waals surface area contributed by atoms with Gasteiger partial charge in [-0.25, -0.2) is 8.42 Å². The number of aromatic nitrogens is 1. The van der Waals surface area contributed by atoms with E-state index in [1.165, 1.54) is 0 Å². The van der Waals surface area contributed by atoms with E-state index in [1.54, 1.807) is 41.4 Å². The Morgan fingerprint density at radius 2 is 1.45 bits per heavy atom. The lowest BCUT2D eigenvalue weighted by molar-refractivity contribution is 0.0770. The molecule has 1 aliphatic rings. The van der Waals surface area contributed by atoms with Crippen LogP contribution < -0.4 is 5.32 Å². The van der Waals surface area contributed by atoms with Crippen molar-refractivity contribution < 1.29 is 18.0 Å². The monoisotopic (exact) mass is 461 g/mol. The first kappa shape index (κ1) is 22.4. The van der Waals surface area contributed by atoms with Gasteiger partial charge in [-0.3, -0.25) is 14.6 Å². The Hall–Kier alpha value is -3.78. The molecule has 0 saturated carbocycles. The molecule has 0 aliphatic carbocycles. The number of hydrogen-bond donors (Lipinski definition) is 1. The third-order valence-electron chi connectivity index (χ3n) is 5.32. The number of nitrogens with one attached hydrogen (secondary N) is 1. The van der Waals surface area contributed by atoms with Gasteiger partial charge >= 0.3 is 0 Å². The SMILES string of the molecule is O=C(Nc1ccc(/C=C/c2ccc(C(=O)N3CCS(=O)(=O)CC3)cc2)cc1)c1ccccn1. The number of sulfone groups is 1. The molecule has 8 heteroatoms. The van der Waals surface area contributed by atoms with E-state index in [1.807, 2.05) is 48.6 Å². The topological polar surface area (TPSA) is 96.4 Å². The number of rotatable bonds is 5. The Bertz CT molecular complexity index is 1260. The lowest BCUT2D eigenvalue weighted by atomic mass is 10.1. The summed E-state index contributed by atoms with van der Waals surface area (Å²) in [5.41, 5.74) is 3.46. The number of carbonyl (C=O) groups excluding carboxylic acids is 2. The first-order valence-electron chi connectivity index (χ1n) is 10.5. The van der Waals surface area contributed by atoms with Gasteiger partial charge in [0.2, 0.25) is 0 Å². The van der Waals surface area contributed by atoms with Crippen molar-refractivity contribution in [2.75, 3.05) is 29.9 Å². The summed E-state index contributed by atoms with van der Waals surface area (Å²) in [6.07, 6.45) is 5.45. The normalized spacial score (nSPS) is 15.3. The van der Waals surface area contributed by atoms with Crippen LogP contribution in [0.15, 0.2) is 72.9 Å². The molecular formula is C25H23N3O4S. The summed E-state index contributed by atoms with van der Waals surface area (Å²) in [6.45, 7) is 0.474. The molecule has 1 aliphatic heterocycles. The van der Waals surface area contributed by atoms with Crippen molar-refractivity contribution in [2.24, 2.45) is 0 Å². The Kier molecular flexibility index (Phi) is 6.65. The molecule has 2 amide bonds. The molecule has 1 aromatic heterocycles. The maximum atomic E-state index is 12.6. The van der Waals surface area contributed by atoms with E-state index in [2.05, 4.69) is 10.3 Å². The lowest BCUT2D eigenvalue weighted by Crippen LogP contribution is -2.43. The largest absolute Gasteiger partial charge is 0.337 e. The van der Waals surface area contributed by atoms with E-state index in [4.69, 9.17) is 0 Å². The molecule has 1 N–H and O–H groups in total. The average Bonchev–Trinajstić information content (AvgIpc) is 2.84. The number of carbonyl (C=O) groups is 2. The first-order valence-corrected chi connectivity index (χ1v) is 12.3. The third-order valence-corrected chi connectivity index (χ3v) is 6.93. The van der Waals surface area contributed by atoms with Crippen LogP contribution in [0.5, 0.6) is 0 Å². The van der Waals surface area contributed by atoms with Crippen LogP contribution in [-0.4, -0.2) is 54.7 Å². The quantitative estimate of drug-likeness (QED) is 0.588. The summed E-state index contributed by atoms with van der Waals surface area (Å²) in [5.74, 6) is -0.375. The fourth-order valence-corrected chi connectivity index (χ4v) is 4.60. The minimum atomic E-state index is -3.02. The van der Waals surface area contributed by atoms with Crippen LogP contribution in [0.2, 0.25) is 0 Å². The molecule has 1 fully saturated rings. The number of nitrogens with zero attached hydrogens (tertiary/aromatic N) is 2. The first-order chi connectivity index (χ1) is 15.9. The van der Waals surface area contributed by atoms with E-state index in [0.717, 1.165) is 11.1 Å². The highest BCUT2D eigenvalue weighted by atomic mass is 32.2. The van der Waals surface area contributed by atoms with Gasteiger partial charge in [-0.2, -0.15) is 0 Å². The highest BCUT2D eigenvalue weighted by Crippen LogP contribution is 2.15. The zero-order valence-electron chi connectivity index (χ0n) is 17.8. The van der Waals surface area contributed by atoms with Crippen molar-refractivity contribution in [3.63, 3.8) is 0 Å². The zero-order valence-corrected chi connectivity index (χ0v) is 18.7. The Labute approximate surface area is 192 Å². The second kappa shape index (κ2) is 9.79. The molecule has 0 atom stereocenters. The van der Waals surface area contributed by atoms with Crippen molar-refractivity contribution in [2.45, 2.75) is 0 Å². The summed E-state index contributed by atoms with van der Waals surface area (Å²) in [4.78, 5) is 30.4. The van der Waals surface area contributed by atoms with Crippen LogP contribution >= 0.6 is 0 Å². The Morgan fingerprint density at radius 1 is 0.848 bits per heavy atom. The molecular weight excluding hydrogens is 438 g/mol. The predicted molar refractivity (Wildman–Crippen MR) is 129 cm³/mol. The van der Waals surface area contributed by atoms with E-state index in [-0.39, 0.29) is 36.4 Å². The molecule has 0 unspecified atom stereocenters. The van der Waals surface area contributed by atoms with Gasteiger partial charge in [-0.05, 0) is 47.5 Å². The van der Waals surface area contributed by atoms with Crippen LogP contribution in [0.4, 0.5) is 5.69 Å². The summed E-state index contributed by atoms with van der Waals surface area (Å²) in [6, 6.07) is 19.8. The van der Waals surface area contributed by atoms with Gasteiger partial charge in [0.05, 0.1) is 11.5 Å². The molecule has 0 spiro atoms. The summed E-state index contributed by atoms with van der Waals surface area (Å²) in [5, 5.41) is 2.81. The second-order valence-corrected chi connectivity index (χ2v) is 9.99. The smallest absolute Gasteiger partial charge is 0.274 e. The highest BCUT2D eigenvalue weighted by molar-refractivity contribution is 7.91. The van der Waals surface area contributed by atoms with Crippen molar-refractivity contribution in [3.8, 4) is 0 Å². The van der Waals surface area contributed by atoms with E-state index in [9.17, 15) is 18.0 Å². The predicted octanol–water partition coefficient (Wildman–Crippen LogP) is 3.37. The summed E-state index contributed by atoms with van der Waals surface area (Å²) >= 11 is 0. The van der Waals surface area contributed by atoms with Crippen LogP contribution in [0, 0.1) is 0 Å². The fraction of sp³-hybridized carbons (Fsp3) is 0.160. The van der Waals surface area contributed by atoms with Crippen LogP contribution in [0.1, 0.15) is 32.0 Å². The standard InChI is InChI=1S/C25H23N3O4S/c29-24(23-3-1-2-14-26-23)27-22-12-8-20(9-13-22)5-4-19-6-10-21(11-7-19)25(30)28-15-17-33(31,32)18-16-28/h1-14H,15-18H2,(H,27,29)/b5-4+. The Morgan fingerprint density at radius 3 is 2.03 bits per heavy atom. The van der Waals surface area contributed by atoms with Gasteiger partial charge in [0.15, 0.2) is 9.84 Å². The van der Waals surface area contributed by atoms with Gasteiger partial charge in [-0.15, -0.1) is 0 Å². The number of amides is 2. The van der Waals surface area contributed by atoms with Crippen molar-refractivity contribution in [1.82, 2.24) is 9.88 Å². The molecule has 2 heterocycles. The van der Waals surface area contributed by atoms with Gasteiger partial charge in [0.1, 0.15) is 5.69 Å². The average molecular weight is 462 g/mol. The summed E-state index contributed by atoms with van der Waals surface area (Å²) < 4.78 is 23.1. The van der Waals surface area contributed by atoms with Crippen LogP contribution in [-0.2, 0) is 9.84 Å². The minimum absolute atomic E-state index is 0.0190. The lowest BCUT2D eigenvalue weighted by Gasteiger charge is -2.26. The van der Waals surface area contributed by atoms with Crippen LogP contribution in [0.3, 0.4) is 0 Å². The highest BCUT2D eigenvalue weighted by Gasteiger charge is 2.25. The number of pyridine rings is 1. The molecule has 2 aromatic carbocycles. The van der Waals surface area contributed by atoms with Gasteiger partial charge < -0.3 is 10.2 Å². The molecule has 7 nitrogen and oxygen atoms in total. The van der Waals surface area contributed by atoms with E-state index < -0.39 is 9.84 Å². The zero-order chi connectivity index (χ0) is 23.3. The summed E-state index contributed by atoms with van der Waals surface area (Å²) in [7, 11) is -3.02. The van der Waals surface area contributed by atoms with Crippen molar-refractivity contribution >= 4 is 39.5 Å². The molecule has 4 rings (SSSR count). The number of hydrogen-bond acceptors (Lipinski definition) is 5. The molecule has 33 heavy (non-hydrogen) atoms. The maximum absolute atomic E-state index is 12.6. The van der Waals surface area contributed by atoms with Gasteiger partial charge in [0, 0.05) is 30.5 Å². The molecule has 1 saturated heterocycles. The van der Waals surface area contributed by atoms with Crippen LogP contribution in [0.25, 0.3) is 12.2 Å². The molecule has 168 valence electrons. The van der Waals surface area contributed by atoms with Crippen molar-refractivity contribution in [1.29, 1.82) is 0 Å². The molecule has 3 aromatic rings. The van der Waals surface area contributed by atoms with Gasteiger partial charge in [0.25, 0.3) is 11.8 Å². The number of benzene rings is 2. The second-order valence-electron chi connectivity index (χ2n) is 7.69. The van der Waals surface area contributed by atoms with E-state index >= 15 is 0 Å². The van der Waals surface area contributed by atoms with E-state index in [0.29, 0.717) is 16.9 Å².